The molecule has 0 aliphatic carbocycles. The van der Waals surface area contributed by atoms with Crippen LogP contribution in [0, 0.1) is 0 Å². The minimum absolute atomic E-state index is 0.424. The van der Waals surface area contributed by atoms with Gasteiger partial charge in [-0.25, -0.2) is 4.79 Å². The highest BCUT2D eigenvalue weighted by molar-refractivity contribution is 6.33. The Morgan fingerprint density at radius 2 is 1.58 bits per heavy atom. The summed E-state index contributed by atoms with van der Waals surface area (Å²) in [5.41, 5.74) is 3.74. The summed E-state index contributed by atoms with van der Waals surface area (Å²) in [6.07, 6.45) is -0.577. The Hall–Kier alpha value is -3.94. The fourth-order valence-corrected chi connectivity index (χ4v) is 4.45. The number of halogens is 2. The largest absolute Gasteiger partial charge is 0.444 e. The van der Waals surface area contributed by atoms with E-state index in [0.29, 0.717) is 27.2 Å². The van der Waals surface area contributed by atoms with Gasteiger partial charge in [-0.15, -0.1) is 10.2 Å². The van der Waals surface area contributed by atoms with Crippen LogP contribution in [0.5, 0.6) is 0 Å². The third kappa shape index (κ3) is 5.49. The topological polar surface area (TPSA) is 81.4 Å². The highest BCUT2D eigenvalue weighted by atomic mass is 35.5. The first kappa shape index (κ1) is 25.7. The van der Waals surface area contributed by atoms with Crippen molar-refractivity contribution in [1.29, 1.82) is 0 Å². The number of carbonyl (C=O) groups excluding carboxylic acids is 1. The van der Waals surface area contributed by atoms with Gasteiger partial charge >= 0.3 is 6.09 Å². The second kappa shape index (κ2) is 10.4. The van der Waals surface area contributed by atoms with E-state index in [9.17, 15) is 4.79 Å². The van der Waals surface area contributed by atoms with E-state index in [0.717, 1.165) is 22.3 Å². The molecule has 1 unspecified atom stereocenters. The van der Waals surface area contributed by atoms with E-state index in [1.807, 2.05) is 106 Å². The van der Waals surface area contributed by atoms with Crippen molar-refractivity contribution in [1.82, 2.24) is 25.1 Å². The molecule has 0 aliphatic heterocycles. The zero-order valence-electron chi connectivity index (χ0n) is 21.0. The lowest BCUT2D eigenvalue weighted by molar-refractivity contribution is 0.0510. The van der Waals surface area contributed by atoms with Crippen molar-refractivity contribution < 1.29 is 9.53 Å². The van der Waals surface area contributed by atoms with Crippen molar-refractivity contribution in [2.75, 3.05) is 0 Å². The SMILES string of the molecule is CC(C)(C)OC(=O)NC(c1ccccc1)c1nnc2cc(-c3ccc(Cl)cc3)c(-c3ccccc3Cl)nn12. The fourth-order valence-electron chi connectivity index (χ4n) is 4.10. The summed E-state index contributed by atoms with van der Waals surface area (Å²) < 4.78 is 7.17. The van der Waals surface area contributed by atoms with Crippen molar-refractivity contribution in [2.45, 2.75) is 32.4 Å². The van der Waals surface area contributed by atoms with Crippen LogP contribution in [0.25, 0.3) is 28.0 Å². The maximum absolute atomic E-state index is 12.8. The summed E-state index contributed by atoms with van der Waals surface area (Å²) in [5.74, 6) is 0.424. The van der Waals surface area contributed by atoms with E-state index >= 15 is 0 Å². The number of carbonyl (C=O) groups is 1. The molecule has 9 heteroatoms. The number of ether oxygens (including phenoxy) is 1. The van der Waals surface area contributed by atoms with Crippen molar-refractivity contribution in [3.05, 3.63) is 106 Å². The Kier molecular flexibility index (Phi) is 7.06. The second-order valence-corrected chi connectivity index (χ2v) is 10.6. The zero-order chi connectivity index (χ0) is 26.9. The number of hydrogen-bond acceptors (Lipinski definition) is 5. The predicted molar refractivity (Wildman–Crippen MR) is 149 cm³/mol. The molecule has 0 saturated carbocycles. The molecule has 2 heterocycles. The Bertz CT molecular complexity index is 1600. The number of amides is 1. The third-order valence-electron chi connectivity index (χ3n) is 5.75. The molecule has 0 radical (unpaired) electrons. The van der Waals surface area contributed by atoms with Crippen molar-refractivity contribution >= 4 is 34.9 Å². The molecule has 0 aliphatic rings. The molecule has 0 fully saturated rings. The van der Waals surface area contributed by atoms with Gasteiger partial charge in [0.05, 0.1) is 5.02 Å². The molecule has 3 aromatic carbocycles. The van der Waals surface area contributed by atoms with Gasteiger partial charge in [-0.2, -0.15) is 9.61 Å². The molecule has 0 saturated heterocycles. The standard InChI is InChI=1S/C29H25Cl2N5O2/c1-29(2,3)38-28(37)32-25(19-9-5-4-6-10-19)27-34-33-24-17-22(18-13-15-20(30)16-14-18)26(35-36(24)27)21-11-7-8-12-23(21)31/h4-17,25H,1-3H3,(H,32,37). The Balaban J connectivity index is 1.70. The predicted octanol–water partition coefficient (Wildman–Crippen LogP) is 7.38. The minimum Gasteiger partial charge on any atom is -0.444 e. The summed E-state index contributed by atoms with van der Waals surface area (Å²) in [5, 5.41) is 18.0. The first-order valence-corrected chi connectivity index (χ1v) is 12.8. The molecular weight excluding hydrogens is 521 g/mol. The summed E-state index contributed by atoms with van der Waals surface area (Å²) in [7, 11) is 0. The maximum Gasteiger partial charge on any atom is 0.408 e. The molecule has 2 aromatic heterocycles. The second-order valence-electron chi connectivity index (χ2n) is 9.71. The monoisotopic (exact) mass is 545 g/mol. The van der Waals surface area contributed by atoms with E-state index in [2.05, 4.69) is 15.5 Å². The Labute approximate surface area is 230 Å². The van der Waals surface area contributed by atoms with Gasteiger partial charge in [-0.3, -0.25) is 0 Å². The molecule has 5 aromatic rings. The van der Waals surface area contributed by atoms with Crippen LogP contribution in [0.3, 0.4) is 0 Å². The minimum atomic E-state index is -0.672. The van der Waals surface area contributed by atoms with E-state index in [1.165, 1.54) is 0 Å². The number of rotatable bonds is 5. The third-order valence-corrected chi connectivity index (χ3v) is 6.34. The normalized spacial score (nSPS) is 12.3. The first-order chi connectivity index (χ1) is 18.2. The van der Waals surface area contributed by atoms with Crippen LogP contribution in [0.2, 0.25) is 10.0 Å². The van der Waals surface area contributed by atoms with Gasteiger partial charge in [0.1, 0.15) is 17.3 Å². The lowest BCUT2D eigenvalue weighted by Crippen LogP contribution is -2.36. The molecule has 1 amide bonds. The summed E-state index contributed by atoms with van der Waals surface area (Å²) >= 11 is 12.8. The fraction of sp³-hybridized carbons (Fsp3) is 0.172. The molecule has 0 bridgehead atoms. The lowest BCUT2D eigenvalue weighted by Gasteiger charge is -2.23. The number of benzene rings is 3. The average Bonchev–Trinajstić information content (AvgIpc) is 3.29. The van der Waals surface area contributed by atoms with Crippen molar-refractivity contribution in [3.8, 4) is 22.4 Å². The van der Waals surface area contributed by atoms with E-state index in [-0.39, 0.29) is 0 Å². The van der Waals surface area contributed by atoms with Crippen LogP contribution >= 0.6 is 23.2 Å². The van der Waals surface area contributed by atoms with Crippen molar-refractivity contribution in [2.24, 2.45) is 0 Å². The maximum atomic E-state index is 12.8. The summed E-state index contributed by atoms with van der Waals surface area (Å²) in [4.78, 5) is 12.8. The Morgan fingerprint density at radius 1 is 0.895 bits per heavy atom. The van der Waals surface area contributed by atoms with Crippen LogP contribution in [0.15, 0.2) is 84.9 Å². The molecular formula is C29H25Cl2N5O2. The molecule has 1 atom stereocenters. The molecule has 0 spiro atoms. The quantitative estimate of drug-likeness (QED) is 0.249. The first-order valence-electron chi connectivity index (χ1n) is 12.0. The molecule has 192 valence electrons. The molecule has 7 nitrogen and oxygen atoms in total. The number of nitrogens with one attached hydrogen (secondary N) is 1. The number of aromatic nitrogens is 4. The van der Waals surface area contributed by atoms with Crippen molar-refractivity contribution in [3.63, 3.8) is 0 Å². The average molecular weight is 546 g/mol. The van der Waals surface area contributed by atoms with Gasteiger partial charge in [-0.1, -0.05) is 83.9 Å². The summed E-state index contributed by atoms with van der Waals surface area (Å²) in [6, 6.07) is 25.7. The highest BCUT2D eigenvalue weighted by Crippen LogP contribution is 2.36. The van der Waals surface area contributed by atoms with Crippen LogP contribution in [-0.4, -0.2) is 31.5 Å². The number of hydrogen-bond donors (Lipinski definition) is 1. The van der Waals surface area contributed by atoms with Gasteiger partial charge in [0.2, 0.25) is 0 Å². The van der Waals surface area contributed by atoms with E-state index in [1.54, 1.807) is 4.52 Å². The van der Waals surface area contributed by atoms with Gasteiger partial charge in [0, 0.05) is 16.1 Å². The zero-order valence-corrected chi connectivity index (χ0v) is 22.5. The number of nitrogens with zero attached hydrogens (tertiary/aromatic N) is 4. The molecule has 1 N–H and O–H groups in total. The van der Waals surface area contributed by atoms with Crippen LogP contribution in [0.1, 0.15) is 38.2 Å². The lowest BCUT2D eigenvalue weighted by atomic mass is 10.00. The summed E-state index contributed by atoms with van der Waals surface area (Å²) in [6.45, 7) is 5.44. The molecule has 38 heavy (non-hydrogen) atoms. The smallest absolute Gasteiger partial charge is 0.408 e. The van der Waals surface area contributed by atoms with Crippen LogP contribution in [0.4, 0.5) is 4.79 Å². The highest BCUT2D eigenvalue weighted by Gasteiger charge is 2.27. The van der Waals surface area contributed by atoms with Gasteiger partial charge in [-0.05, 0) is 56.2 Å². The van der Waals surface area contributed by atoms with Gasteiger partial charge in [0.15, 0.2) is 11.5 Å². The van der Waals surface area contributed by atoms with E-state index in [4.69, 9.17) is 33.0 Å². The number of fused-ring (bicyclic) bond motifs is 1. The Morgan fingerprint density at radius 3 is 2.26 bits per heavy atom. The van der Waals surface area contributed by atoms with Gasteiger partial charge in [0.25, 0.3) is 0 Å². The van der Waals surface area contributed by atoms with E-state index < -0.39 is 17.7 Å². The van der Waals surface area contributed by atoms with Gasteiger partial charge < -0.3 is 10.1 Å². The molecule has 5 rings (SSSR count). The van der Waals surface area contributed by atoms with Crippen LogP contribution in [-0.2, 0) is 4.74 Å². The number of alkyl carbamates (subject to hydrolysis) is 1. The van der Waals surface area contributed by atoms with Crippen LogP contribution < -0.4 is 5.32 Å².